The lowest BCUT2D eigenvalue weighted by molar-refractivity contribution is -0.273. The van der Waals surface area contributed by atoms with Gasteiger partial charge >= 0.3 is 0 Å². The van der Waals surface area contributed by atoms with Crippen molar-refractivity contribution >= 4 is 0 Å². The summed E-state index contributed by atoms with van der Waals surface area (Å²) in [4.78, 5) is 0. The van der Waals surface area contributed by atoms with Gasteiger partial charge in [0.15, 0.2) is 0 Å². The van der Waals surface area contributed by atoms with E-state index in [1.807, 2.05) is 285 Å². The molecule has 3 aliphatic rings. The molecule has 0 radical (unpaired) electrons. The predicted molar refractivity (Wildman–Crippen MR) is 409 cm³/mol. The zero-order valence-corrected chi connectivity index (χ0v) is 61.7. The SMILES string of the molecule is COCOCC[C@H]1O[C@H](Cn2cc([C@H]3O[C@H](Cn4cc([C@H]5O[C@H](CO)[C@@H](OCc6ccccc6)[C@H](OCc6ccccc6)[C@@H]5OCc5ccccc5)nn4)[C@@H](OCc4ccccc4)[C@H](OCc4ccccc4)[C@@H]3OCc3ccccc3)nn2)[C@@H](OCc2ccccc2)[C@H](OCc2ccccc2)[C@@H]1OCc1ccccc1. The van der Waals surface area contributed by atoms with Gasteiger partial charge < -0.3 is 71.4 Å². The van der Waals surface area contributed by atoms with Crippen LogP contribution in [0.4, 0.5) is 0 Å². The Morgan fingerprint density at radius 1 is 0.300 bits per heavy atom. The van der Waals surface area contributed by atoms with Crippen molar-refractivity contribution in [2.45, 2.75) is 171 Å². The molecule has 11 aromatic rings. The van der Waals surface area contributed by atoms with E-state index in [-0.39, 0.29) is 72.7 Å². The Balaban J connectivity index is 0.827. The van der Waals surface area contributed by atoms with Gasteiger partial charge in [0.1, 0.15) is 104 Å². The molecule has 3 aliphatic heterocycles. The zero-order valence-electron chi connectivity index (χ0n) is 61.7. The summed E-state index contributed by atoms with van der Waals surface area (Å²) >= 11 is 0. The minimum Gasteiger partial charge on any atom is -0.394 e. The molecule has 3 saturated heterocycles. The second-order valence-corrected chi connectivity index (χ2v) is 27.8. The fraction of sp³-hybridized carbons (Fsp3) is 0.348. The van der Waals surface area contributed by atoms with E-state index < -0.39 is 98.2 Å². The first kappa shape index (κ1) is 77.4. The molecule has 0 bridgehead atoms. The van der Waals surface area contributed by atoms with Crippen LogP contribution >= 0.6 is 0 Å². The average molecular weight is 1490 g/mol. The van der Waals surface area contributed by atoms with Crippen LogP contribution in [0.15, 0.2) is 285 Å². The quantitative estimate of drug-likeness (QED) is 0.0280. The van der Waals surface area contributed by atoms with Crippen molar-refractivity contribution in [1.29, 1.82) is 0 Å². The average Bonchev–Trinajstić information content (AvgIpc) is 1.38. The highest BCUT2D eigenvalue weighted by atomic mass is 16.7. The number of aromatic nitrogens is 6. The summed E-state index contributed by atoms with van der Waals surface area (Å²) in [6, 6.07) is 90.1. The van der Waals surface area contributed by atoms with Crippen LogP contribution < -0.4 is 0 Å². The maximum atomic E-state index is 11.4. The van der Waals surface area contributed by atoms with Crippen LogP contribution in [0.3, 0.4) is 0 Å². The van der Waals surface area contributed by atoms with Crippen molar-refractivity contribution < 1.29 is 71.4 Å². The Morgan fingerprint density at radius 2 is 0.545 bits per heavy atom. The van der Waals surface area contributed by atoms with Crippen LogP contribution in [-0.4, -0.2) is 142 Å². The molecule has 9 aromatic carbocycles. The Hall–Kier alpha value is -9.34. The zero-order chi connectivity index (χ0) is 74.7. The van der Waals surface area contributed by atoms with Crippen LogP contribution in [0, 0.1) is 0 Å². The third kappa shape index (κ3) is 21.4. The highest BCUT2D eigenvalue weighted by Crippen LogP contribution is 2.42. The Kier molecular flexibility index (Phi) is 28.5. The lowest BCUT2D eigenvalue weighted by Crippen LogP contribution is -2.61. The van der Waals surface area contributed by atoms with Crippen molar-refractivity contribution in [2.24, 2.45) is 0 Å². The topological polar surface area (TPSA) is 211 Å². The maximum Gasteiger partial charge on any atom is 0.146 e. The number of methoxy groups -OCH3 is 1. The van der Waals surface area contributed by atoms with Gasteiger partial charge in [-0.05, 0) is 56.5 Å². The van der Waals surface area contributed by atoms with Gasteiger partial charge in [-0.1, -0.05) is 283 Å². The smallest absolute Gasteiger partial charge is 0.146 e. The molecule has 0 amide bonds. The molecule has 110 heavy (non-hydrogen) atoms. The molecule has 21 heteroatoms. The number of aliphatic hydroxyl groups is 1. The van der Waals surface area contributed by atoms with E-state index in [9.17, 15) is 5.11 Å². The van der Waals surface area contributed by atoms with Crippen LogP contribution in [0.1, 0.15) is 80.1 Å². The lowest BCUT2D eigenvalue weighted by atomic mass is 9.91. The largest absolute Gasteiger partial charge is 0.394 e. The van der Waals surface area contributed by atoms with Crippen LogP contribution in [0.2, 0.25) is 0 Å². The number of hydrogen-bond acceptors (Lipinski definition) is 19. The fourth-order valence-electron chi connectivity index (χ4n) is 14.4. The van der Waals surface area contributed by atoms with E-state index in [0.717, 1.165) is 50.1 Å². The Morgan fingerprint density at radius 3 is 0.836 bits per heavy atom. The van der Waals surface area contributed by atoms with Crippen molar-refractivity contribution in [1.82, 2.24) is 30.0 Å². The third-order valence-corrected chi connectivity index (χ3v) is 19.9. The normalized spacial score (nSPS) is 24.1. The van der Waals surface area contributed by atoms with Gasteiger partial charge in [0.2, 0.25) is 0 Å². The van der Waals surface area contributed by atoms with Crippen LogP contribution in [0.25, 0.3) is 0 Å². The second kappa shape index (κ2) is 40.6. The molecular weight excluding hydrogens is 1390 g/mol. The van der Waals surface area contributed by atoms with E-state index in [0.29, 0.717) is 31.0 Å². The first-order valence-electron chi connectivity index (χ1n) is 37.8. The summed E-state index contributed by atoms with van der Waals surface area (Å²) in [7, 11) is 1.60. The standard InChI is InChI=1S/C89H96N6O15/c1-97-63-98-48-47-75-81(99-54-64-29-11-2-12-30-64)87(105-60-70-41-23-8-24-42-70)82(100-55-65-31-13-3-14-32-65)76(108-75)51-94-49-73(90-92-94)79-85(103-58-68-37-19-6-20-38-68)88(106-61-71-43-25-9-26-44-71)83(101-56-66-33-15-4-16-34-66)77(109-79)52-95-50-74(91-93-95)80-86(104-59-69-39-21-7-22-40-69)89(107-62-72-45-27-10-28-46-72)84(78(53-96)110-80)102-57-67-35-17-5-18-36-67/h2-46,49-50,75-89,96H,47-48,51-63H2,1H3/t75-,76-,77-,78-,79-,80-,81-,82-,83-,84-,85-,86-,87-,88+,89+/m1/s1. The molecule has 21 nitrogen and oxygen atoms in total. The lowest BCUT2D eigenvalue weighted by Gasteiger charge is -2.46. The molecule has 5 heterocycles. The minimum absolute atomic E-state index is 0.0832. The summed E-state index contributed by atoms with van der Waals surface area (Å²) in [5, 5.41) is 31.1. The molecule has 1 N–H and O–H groups in total. The van der Waals surface area contributed by atoms with Gasteiger partial charge in [0.05, 0.1) is 104 Å². The van der Waals surface area contributed by atoms with Crippen molar-refractivity contribution in [3.05, 3.63) is 347 Å². The van der Waals surface area contributed by atoms with Gasteiger partial charge in [-0.15, -0.1) is 10.2 Å². The first-order valence-corrected chi connectivity index (χ1v) is 37.8. The molecule has 0 spiro atoms. The molecule has 572 valence electrons. The highest BCUT2D eigenvalue weighted by Gasteiger charge is 2.53. The van der Waals surface area contributed by atoms with Crippen molar-refractivity contribution in [3.8, 4) is 0 Å². The number of hydrogen-bond donors (Lipinski definition) is 1. The van der Waals surface area contributed by atoms with Gasteiger partial charge in [-0.25, -0.2) is 9.36 Å². The monoisotopic (exact) mass is 1490 g/mol. The van der Waals surface area contributed by atoms with Gasteiger partial charge in [-0.2, -0.15) is 0 Å². The van der Waals surface area contributed by atoms with E-state index in [1.54, 1.807) is 16.5 Å². The van der Waals surface area contributed by atoms with Gasteiger partial charge in [0, 0.05) is 7.11 Å². The summed E-state index contributed by atoms with van der Waals surface area (Å²) in [5.41, 5.74) is 9.50. The summed E-state index contributed by atoms with van der Waals surface area (Å²) in [6.07, 6.45) is -7.58. The summed E-state index contributed by atoms with van der Waals surface area (Å²) in [5.74, 6) is 0. The minimum atomic E-state index is -0.947. The number of aliphatic hydroxyl groups excluding tert-OH is 1. The number of rotatable bonds is 39. The molecule has 3 fully saturated rings. The molecule has 0 unspecified atom stereocenters. The molecule has 0 saturated carbocycles. The maximum absolute atomic E-state index is 11.4. The van der Waals surface area contributed by atoms with E-state index in [4.69, 9.17) is 86.9 Å². The van der Waals surface area contributed by atoms with E-state index in [1.165, 1.54) is 0 Å². The Bertz CT molecular complexity index is 4380. The van der Waals surface area contributed by atoms with E-state index in [2.05, 4.69) is 0 Å². The second-order valence-electron chi connectivity index (χ2n) is 27.8. The van der Waals surface area contributed by atoms with E-state index >= 15 is 0 Å². The molecule has 15 atom stereocenters. The van der Waals surface area contributed by atoms with Gasteiger partial charge in [0.25, 0.3) is 0 Å². The van der Waals surface area contributed by atoms with Crippen molar-refractivity contribution in [2.75, 3.05) is 27.1 Å². The predicted octanol–water partition coefficient (Wildman–Crippen LogP) is 13.5. The first-order chi connectivity index (χ1) is 54.4. The van der Waals surface area contributed by atoms with Gasteiger partial charge in [-0.3, -0.25) is 0 Å². The van der Waals surface area contributed by atoms with Crippen molar-refractivity contribution in [3.63, 3.8) is 0 Å². The van der Waals surface area contributed by atoms with Crippen LogP contribution in [0.5, 0.6) is 0 Å². The summed E-state index contributed by atoms with van der Waals surface area (Å²) < 4.78 is 101. The Labute approximate surface area is 642 Å². The number of ether oxygens (including phenoxy) is 14. The van der Waals surface area contributed by atoms with Crippen LogP contribution in [-0.2, 0) is 139 Å². The molecule has 0 aliphatic carbocycles. The molecular formula is C89H96N6O15. The number of nitrogens with zero attached hydrogens (tertiary/aromatic N) is 6. The fourth-order valence-corrected chi connectivity index (χ4v) is 14.4. The molecule has 14 rings (SSSR count). The number of benzene rings is 9. The summed E-state index contributed by atoms with van der Waals surface area (Å²) in [6.45, 7) is 2.34. The third-order valence-electron chi connectivity index (χ3n) is 19.9. The molecule has 2 aromatic heterocycles. The highest BCUT2D eigenvalue weighted by molar-refractivity contribution is 5.22.